The number of allylic oxidation sites excluding steroid dienone is 2. The third-order valence-corrected chi connectivity index (χ3v) is 6.87. The number of nitrogens with zero attached hydrogens (tertiary/aromatic N) is 4. The topological polar surface area (TPSA) is 67.7 Å². The monoisotopic (exact) mass is 458 g/mol. The number of carbonyl (C=O) groups is 1. The molecule has 6 heteroatoms. The van der Waals surface area contributed by atoms with Crippen LogP contribution in [0.1, 0.15) is 50.6 Å². The van der Waals surface area contributed by atoms with E-state index in [0.29, 0.717) is 17.8 Å². The minimum absolute atomic E-state index is 0.118. The van der Waals surface area contributed by atoms with Crippen LogP contribution in [0, 0.1) is 13.8 Å². The van der Waals surface area contributed by atoms with Crippen LogP contribution in [-0.2, 0) is 14.9 Å². The fourth-order valence-electron chi connectivity index (χ4n) is 4.68. The summed E-state index contributed by atoms with van der Waals surface area (Å²) < 4.78 is 5.69. The van der Waals surface area contributed by atoms with Gasteiger partial charge in [-0.15, -0.1) is 0 Å². The van der Waals surface area contributed by atoms with Gasteiger partial charge in [-0.3, -0.25) is 9.79 Å². The first kappa shape index (κ1) is 24.0. The number of rotatable bonds is 8. The summed E-state index contributed by atoms with van der Waals surface area (Å²) in [6.07, 6.45) is 9.37. The molecule has 34 heavy (non-hydrogen) atoms. The molecule has 0 aliphatic carbocycles. The maximum Gasteiger partial charge on any atom is 0.147 e. The van der Waals surface area contributed by atoms with E-state index in [-0.39, 0.29) is 12.2 Å². The summed E-state index contributed by atoms with van der Waals surface area (Å²) in [4.78, 5) is 28.5. The molecule has 4 heterocycles. The summed E-state index contributed by atoms with van der Waals surface area (Å²) in [5.41, 5.74) is 5.27. The average molecular weight is 459 g/mol. The number of fused-ring (bicyclic) bond motifs is 2. The molecule has 2 atom stereocenters. The van der Waals surface area contributed by atoms with Gasteiger partial charge >= 0.3 is 0 Å². The van der Waals surface area contributed by atoms with E-state index >= 15 is 0 Å². The molecule has 6 nitrogen and oxygen atoms in total. The fourth-order valence-corrected chi connectivity index (χ4v) is 4.68. The number of morpholine rings is 1. The molecule has 1 aromatic carbocycles. The standard InChI is InChI=1S/C28H34N4O2/c1-18(12-29-13-20(3)32-16-24-11-25(17-32)34-24)9-27(33)28(5,6)26-8-7-22(10-19(26)2)23-14-30-21(4)31-15-23/h7-8,10,12-15,24-25H,1,9,11,16-17H2,2-6H3/b20-13+,29-12-. The lowest BCUT2D eigenvalue weighted by Crippen LogP contribution is -2.56. The molecule has 3 aliphatic heterocycles. The number of aromatic nitrogens is 2. The molecule has 0 amide bonds. The normalized spacial score (nSPS) is 20.4. The lowest BCUT2D eigenvalue weighted by Gasteiger charge is -2.48. The maximum atomic E-state index is 13.2. The van der Waals surface area contributed by atoms with Crippen LogP contribution in [-0.4, -0.2) is 52.2 Å². The van der Waals surface area contributed by atoms with Crippen LogP contribution >= 0.6 is 0 Å². The van der Waals surface area contributed by atoms with Crippen LogP contribution in [0.4, 0.5) is 0 Å². The Labute approximate surface area is 202 Å². The Morgan fingerprint density at radius 2 is 1.85 bits per heavy atom. The van der Waals surface area contributed by atoms with Crippen LogP contribution in [0.3, 0.4) is 0 Å². The second-order valence-electron chi connectivity index (χ2n) is 10.0. The van der Waals surface area contributed by atoms with Gasteiger partial charge in [0.05, 0.1) is 12.2 Å². The van der Waals surface area contributed by atoms with Crippen molar-refractivity contribution < 1.29 is 9.53 Å². The zero-order valence-electron chi connectivity index (χ0n) is 20.8. The van der Waals surface area contributed by atoms with Gasteiger partial charge in [-0.05, 0) is 56.9 Å². The van der Waals surface area contributed by atoms with E-state index in [9.17, 15) is 4.79 Å². The molecule has 0 radical (unpaired) electrons. The first-order valence-electron chi connectivity index (χ1n) is 11.8. The quantitative estimate of drug-likeness (QED) is 0.523. The highest BCUT2D eigenvalue weighted by Crippen LogP contribution is 2.32. The average Bonchev–Trinajstić information content (AvgIpc) is 2.78. The number of aryl methyl sites for hydroxylation is 2. The Kier molecular flexibility index (Phi) is 6.80. The van der Waals surface area contributed by atoms with Gasteiger partial charge in [-0.2, -0.15) is 0 Å². The minimum atomic E-state index is -0.635. The molecular formula is C28H34N4O2. The van der Waals surface area contributed by atoms with E-state index in [1.54, 1.807) is 6.21 Å². The highest BCUT2D eigenvalue weighted by Gasteiger charge is 2.38. The van der Waals surface area contributed by atoms with Crippen molar-refractivity contribution in [3.63, 3.8) is 0 Å². The predicted octanol–water partition coefficient (Wildman–Crippen LogP) is 4.96. The molecule has 3 saturated heterocycles. The fraction of sp³-hybridized carbons (Fsp3) is 0.429. The number of hydrogen-bond donors (Lipinski definition) is 0. The van der Waals surface area contributed by atoms with Gasteiger partial charge in [0.2, 0.25) is 0 Å². The van der Waals surface area contributed by atoms with E-state index in [2.05, 4.69) is 39.4 Å². The first-order chi connectivity index (χ1) is 16.1. The molecule has 2 aromatic rings. The van der Waals surface area contributed by atoms with Crippen molar-refractivity contribution in [2.24, 2.45) is 4.99 Å². The first-order valence-corrected chi connectivity index (χ1v) is 11.8. The van der Waals surface area contributed by atoms with Crippen LogP contribution in [0.5, 0.6) is 0 Å². The molecule has 2 bridgehead atoms. The van der Waals surface area contributed by atoms with Gasteiger partial charge < -0.3 is 9.64 Å². The number of hydrogen-bond acceptors (Lipinski definition) is 6. The Bertz CT molecular complexity index is 1130. The number of carbonyl (C=O) groups excluding carboxylic acids is 1. The van der Waals surface area contributed by atoms with Gasteiger partial charge in [0.15, 0.2) is 0 Å². The number of piperidine rings is 1. The summed E-state index contributed by atoms with van der Waals surface area (Å²) in [7, 11) is 0. The van der Waals surface area contributed by atoms with Gasteiger partial charge in [-0.25, -0.2) is 9.97 Å². The summed E-state index contributed by atoms with van der Waals surface area (Å²) >= 11 is 0. The summed E-state index contributed by atoms with van der Waals surface area (Å²) in [5.74, 6) is 0.864. The number of Topliss-reactive ketones (excluding diaryl/α,β-unsaturated/α-hetero) is 1. The minimum Gasteiger partial charge on any atom is -0.371 e. The van der Waals surface area contributed by atoms with E-state index in [0.717, 1.165) is 46.9 Å². The van der Waals surface area contributed by atoms with E-state index in [1.165, 1.54) is 6.42 Å². The lowest BCUT2D eigenvalue weighted by atomic mass is 9.76. The molecule has 3 aliphatic rings. The molecule has 1 aromatic heterocycles. The SMILES string of the molecule is C=C(/C=N\C=C(/C)N1CC2CC(C1)O2)CC(=O)C(C)(C)c1ccc(-c2cnc(C)nc2)cc1C. The van der Waals surface area contributed by atoms with Crippen molar-refractivity contribution in [2.75, 3.05) is 13.1 Å². The van der Waals surface area contributed by atoms with Crippen molar-refractivity contribution in [3.8, 4) is 11.1 Å². The number of ether oxygens (including phenoxy) is 1. The zero-order valence-corrected chi connectivity index (χ0v) is 20.8. The molecule has 0 N–H and O–H groups in total. The second kappa shape index (κ2) is 9.63. The van der Waals surface area contributed by atoms with Gasteiger partial charge in [0.25, 0.3) is 0 Å². The summed E-state index contributed by atoms with van der Waals surface area (Å²) in [6.45, 7) is 15.9. The van der Waals surface area contributed by atoms with Crippen molar-refractivity contribution in [2.45, 2.75) is 65.1 Å². The lowest BCUT2D eigenvalue weighted by molar-refractivity contribution is -0.174. The molecular weight excluding hydrogens is 424 g/mol. The summed E-state index contributed by atoms with van der Waals surface area (Å²) in [6, 6.07) is 6.17. The van der Waals surface area contributed by atoms with Crippen molar-refractivity contribution in [1.82, 2.24) is 14.9 Å². The largest absolute Gasteiger partial charge is 0.371 e. The second-order valence-corrected chi connectivity index (χ2v) is 10.0. The van der Waals surface area contributed by atoms with Crippen LogP contribution in [0.2, 0.25) is 0 Å². The smallest absolute Gasteiger partial charge is 0.147 e. The Morgan fingerprint density at radius 1 is 1.21 bits per heavy atom. The van der Waals surface area contributed by atoms with E-state index in [4.69, 9.17) is 4.74 Å². The van der Waals surface area contributed by atoms with Crippen molar-refractivity contribution >= 4 is 12.0 Å². The van der Waals surface area contributed by atoms with Crippen molar-refractivity contribution in [1.29, 1.82) is 0 Å². The predicted molar refractivity (Wildman–Crippen MR) is 136 cm³/mol. The molecule has 5 rings (SSSR count). The number of ketones is 1. The highest BCUT2D eigenvalue weighted by molar-refractivity contribution is 5.96. The molecule has 2 unspecified atom stereocenters. The van der Waals surface area contributed by atoms with Gasteiger partial charge in [0, 0.05) is 67.4 Å². The van der Waals surface area contributed by atoms with Gasteiger partial charge in [-0.1, -0.05) is 24.8 Å². The van der Waals surface area contributed by atoms with E-state index in [1.807, 2.05) is 58.4 Å². The van der Waals surface area contributed by atoms with Crippen molar-refractivity contribution in [3.05, 3.63) is 71.6 Å². The Hall–Kier alpha value is -3.12. The Balaban J connectivity index is 1.38. The molecule has 3 fully saturated rings. The van der Waals surface area contributed by atoms with Crippen LogP contribution in [0.25, 0.3) is 11.1 Å². The third-order valence-electron chi connectivity index (χ3n) is 6.87. The van der Waals surface area contributed by atoms with Crippen LogP contribution < -0.4 is 0 Å². The highest BCUT2D eigenvalue weighted by atomic mass is 16.5. The summed E-state index contributed by atoms with van der Waals surface area (Å²) in [5, 5.41) is 0. The molecule has 0 spiro atoms. The zero-order chi connectivity index (χ0) is 24.5. The van der Waals surface area contributed by atoms with Crippen LogP contribution in [0.15, 0.2) is 59.6 Å². The number of benzene rings is 1. The third kappa shape index (κ3) is 5.17. The molecule has 0 saturated carbocycles. The maximum absolute atomic E-state index is 13.2. The number of aliphatic imine (C=N–C) groups is 1. The molecule has 178 valence electrons. The van der Waals surface area contributed by atoms with Gasteiger partial charge in [0.1, 0.15) is 11.6 Å². The Morgan fingerprint density at radius 3 is 2.47 bits per heavy atom. The van der Waals surface area contributed by atoms with E-state index < -0.39 is 5.41 Å².